The third-order valence-electron chi connectivity index (χ3n) is 4.12. The van der Waals surface area contributed by atoms with E-state index in [9.17, 15) is 14.4 Å². The minimum absolute atomic E-state index is 0.0389. The molecule has 0 aliphatic carbocycles. The van der Waals surface area contributed by atoms with Crippen LogP contribution >= 0.6 is 0 Å². The van der Waals surface area contributed by atoms with Crippen molar-refractivity contribution in [1.82, 2.24) is 5.32 Å². The molecule has 9 heteroatoms. The highest BCUT2D eigenvalue weighted by molar-refractivity contribution is 6.07. The molecule has 0 saturated heterocycles. The van der Waals surface area contributed by atoms with Crippen LogP contribution in [-0.2, 0) is 9.53 Å². The summed E-state index contributed by atoms with van der Waals surface area (Å²) in [7, 11) is 3.00. The van der Waals surface area contributed by atoms with Crippen LogP contribution in [0.3, 0.4) is 0 Å². The lowest BCUT2D eigenvalue weighted by Crippen LogP contribution is -2.34. The molecule has 32 heavy (non-hydrogen) atoms. The number of alkyl carbamates (subject to hydrolysis) is 1. The van der Waals surface area contributed by atoms with Crippen LogP contribution in [0.25, 0.3) is 0 Å². The van der Waals surface area contributed by atoms with Gasteiger partial charge in [0.05, 0.1) is 25.6 Å². The highest BCUT2D eigenvalue weighted by atomic mass is 16.6. The number of methoxy groups -OCH3 is 2. The Bertz CT molecular complexity index is 968. The van der Waals surface area contributed by atoms with Gasteiger partial charge in [0.2, 0.25) is 5.91 Å². The second-order valence-electron chi connectivity index (χ2n) is 7.80. The van der Waals surface area contributed by atoms with Crippen molar-refractivity contribution in [1.29, 1.82) is 0 Å². The first-order chi connectivity index (χ1) is 15.1. The number of carbonyl (C=O) groups excluding carboxylic acids is 3. The maximum absolute atomic E-state index is 12.7. The molecule has 0 aliphatic rings. The molecule has 2 rings (SSSR count). The van der Waals surface area contributed by atoms with Crippen molar-refractivity contribution < 1.29 is 28.6 Å². The molecule has 0 heterocycles. The fraction of sp³-hybridized carbons (Fsp3) is 0.348. The molecule has 0 bridgehead atoms. The molecule has 3 amide bonds. The Balaban J connectivity index is 1.98. The zero-order valence-corrected chi connectivity index (χ0v) is 18.9. The van der Waals surface area contributed by atoms with Gasteiger partial charge >= 0.3 is 6.09 Å². The minimum atomic E-state index is -0.614. The summed E-state index contributed by atoms with van der Waals surface area (Å²) < 4.78 is 15.5. The summed E-state index contributed by atoms with van der Waals surface area (Å²) in [5.41, 5.74) is 0.617. The molecule has 2 aromatic rings. The lowest BCUT2D eigenvalue weighted by molar-refractivity contribution is -0.116. The summed E-state index contributed by atoms with van der Waals surface area (Å²) in [6, 6.07) is 11.6. The van der Waals surface area contributed by atoms with Crippen LogP contribution in [0, 0.1) is 0 Å². The zero-order valence-electron chi connectivity index (χ0n) is 18.9. The molecule has 0 aliphatic heterocycles. The van der Waals surface area contributed by atoms with E-state index in [0.717, 1.165) is 0 Å². The van der Waals surface area contributed by atoms with E-state index in [4.69, 9.17) is 14.2 Å². The van der Waals surface area contributed by atoms with E-state index < -0.39 is 11.7 Å². The highest BCUT2D eigenvalue weighted by Gasteiger charge is 2.17. The summed E-state index contributed by atoms with van der Waals surface area (Å²) in [4.78, 5) is 36.7. The number of ether oxygens (including phenoxy) is 3. The first kappa shape index (κ1) is 24.5. The molecule has 0 radical (unpaired) electrons. The predicted molar refractivity (Wildman–Crippen MR) is 121 cm³/mol. The number of carbonyl (C=O) groups is 3. The average Bonchev–Trinajstić information content (AvgIpc) is 2.73. The van der Waals surface area contributed by atoms with E-state index in [1.807, 2.05) is 0 Å². The van der Waals surface area contributed by atoms with E-state index in [1.165, 1.54) is 14.2 Å². The van der Waals surface area contributed by atoms with Gasteiger partial charge in [-0.2, -0.15) is 0 Å². The van der Waals surface area contributed by atoms with Gasteiger partial charge in [-0.25, -0.2) is 4.79 Å². The second kappa shape index (κ2) is 11.0. The number of anilines is 2. The van der Waals surface area contributed by atoms with Crippen molar-refractivity contribution in [2.24, 2.45) is 0 Å². The summed E-state index contributed by atoms with van der Waals surface area (Å²) in [6.45, 7) is 5.38. The van der Waals surface area contributed by atoms with E-state index in [1.54, 1.807) is 63.2 Å². The molecule has 172 valence electrons. The summed E-state index contributed by atoms with van der Waals surface area (Å²) >= 11 is 0. The molecule has 9 nitrogen and oxygen atoms in total. The minimum Gasteiger partial charge on any atom is -0.493 e. The Morgan fingerprint density at radius 2 is 1.50 bits per heavy atom. The number of benzene rings is 2. The van der Waals surface area contributed by atoms with E-state index in [2.05, 4.69) is 16.0 Å². The Morgan fingerprint density at radius 3 is 2.09 bits per heavy atom. The summed E-state index contributed by atoms with van der Waals surface area (Å²) in [6.07, 6.45) is -0.551. The first-order valence-electron chi connectivity index (χ1n) is 10.0. The van der Waals surface area contributed by atoms with Gasteiger partial charge in [0.1, 0.15) is 5.60 Å². The van der Waals surface area contributed by atoms with Crippen LogP contribution in [0.15, 0.2) is 42.5 Å². The molecular formula is C23H29N3O6. The number of hydrogen-bond donors (Lipinski definition) is 3. The number of hydrogen-bond acceptors (Lipinski definition) is 6. The van der Waals surface area contributed by atoms with E-state index in [0.29, 0.717) is 28.4 Å². The molecule has 0 atom stereocenters. The van der Waals surface area contributed by atoms with Crippen LogP contribution < -0.4 is 25.4 Å². The molecule has 0 saturated carbocycles. The van der Waals surface area contributed by atoms with Gasteiger partial charge in [-0.1, -0.05) is 12.1 Å². The maximum atomic E-state index is 12.7. The van der Waals surface area contributed by atoms with E-state index in [-0.39, 0.29) is 24.8 Å². The van der Waals surface area contributed by atoms with Crippen molar-refractivity contribution in [3.05, 3.63) is 48.0 Å². The fourth-order valence-electron chi connectivity index (χ4n) is 2.68. The van der Waals surface area contributed by atoms with Gasteiger partial charge in [0.15, 0.2) is 11.5 Å². The smallest absolute Gasteiger partial charge is 0.407 e. The lowest BCUT2D eigenvalue weighted by Gasteiger charge is -2.19. The van der Waals surface area contributed by atoms with Crippen LogP contribution in [0.5, 0.6) is 11.5 Å². The quantitative estimate of drug-likeness (QED) is 0.572. The normalized spacial score (nSPS) is 10.7. The van der Waals surface area contributed by atoms with Crippen LogP contribution in [0.4, 0.5) is 16.2 Å². The lowest BCUT2D eigenvalue weighted by atomic mass is 10.1. The van der Waals surface area contributed by atoms with Crippen LogP contribution in [0.1, 0.15) is 37.6 Å². The number of nitrogens with one attached hydrogen (secondary N) is 3. The first-order valence-corrected chi connectivity index (χ1v) is 10.0. The van der Waals surface area contributed by atoms with Crippen molar-refractivity contribution in [3.63, 3.8) is 0 Å². The SMILES string of the molecule is COc1ccc(C(=O)Nc2ccccc2NC(=O)CCNC(=O)OC(C)(C)C)cc1OC. The monoisotopic (exact) mass is 443 g/mol. The fourth-order valence-corrected chi connectivity index (χ4v) is 2.68. The molecule has 0 unspecified atom stereocenters. The number of amides is 3. The van der Waals surface area contributed by atoms with Crippen molar-refractivity contribution in [3.8, 4) is 11.5 Å². The van der Waals surface area contributed by atoms with Gasteiger partial charge in [-0.15, -0.1) is 0 Å². The van der Waals surface area contributed by atoms with Gasteiger partial charge in [0.25, 0.3) is 5.91 Å². The Morgan fingerprint density at radius 1 is 0.875 bits per heavy atom. The van der Waals surface area contributed by atoms with Crippen LogP contribution in [-0.4, -0.2) is 44.3 Å². The largest absolute Gasteiger partial charge is 0.493 e. The molecule has 3 N–H and O–H groups in total. The van der Waals surface area contributed by atoms with Gasteiger partial charge in [-0.3, -0.25) is 9.59 Å². The summed E-state index contributed by atoms with van der Waals surface area (Å²) in [5.74, 6) is 0.240. The van der Waals surface area contributed by atoms with Crippen LogP contribution in [0.2, 0.25) is 0 Å². The summed E-state index contributed by atoms with van der Waals surface area (Å²) in [5, 5.41) is 8.05. The zero-order chi connectivity index (χ0) is 23.7. The molecular weight excluding hydrogens is 414 g/mol. The van der Waals surface area contributed by atoms with Gasteiger partial charge in [0, 0.05) is 18.5 Å². The highest BCUT2D eigenvalue weighted by Crippen LogP contribution is 2.28. The third kappa shape index (κ3) is 7.50. The van der Waals surface area contributed by atoms with Crippen molar-refractivity contribution in [2.45, 2.75) is 32.8 Å². The van der Waals surface area contributed by atoms with Crippen molar-refractivity contribution in [2.75, 3.05) is 31.4 Å². The number of rotatable bonds is 8. The molecule has 0 spiro atoms. The average molecular weight is 444 g/mol. The molecule has 0 fully saturated rings. The topological polar surface area (TPSA) is 115 Å². The predicted octanol–water partition coefficient (Wildman–Crippen LogP) is 3.81. The Kier molecular flexibility index (Phi) is 8.46. The Hall–Kier alpha value is -3.75. The van der Waals surface area contributed by atoms with Gasteiger partial charge < -0.3 is 30.2 Å². The van der Waals surface area contributed by atoms with E-state index >= 15 is 0 Å². The van der Waals surface area contributed by atoms with Gasteiger partial charge in [-0.05, 0) is 51.1 Å². The van der Waals surface area contributed by atoms with Crippen molar-refractivity contribution >= 4 is 29.3 Å². The standard InChI is InChI=1S/C23H29N3O6/c1-23(2,3)32-22(29)24-13-12-20(27)25-16-8-6-7-9-17(16)26-21(28)15-10-11-18(30-4)19(14-15)31-5/h6-11,14H,12-13H2,1-5H3,(H,24,29)(H,25,27)(H,26,28). The second-order valence-corrected chi connectivity index (χ2v) is 7.80. The Labute approximate surface area is 187 Å². The number of para-hydroxylation sites is 2. The molecule has 2 aromatic carbocycles. The third-order valence-corrected chi connectivity index (χ3v) is 4.12. The maximum Gasteiger partial charge on any atom is 0.407 e. The molecule has 0 aromatic heterocycles.